The smallest absolute Gasteiger partial charge is 0.242 e. The summed E-state index contributed by atoms with van der Waals surface area (Å²) in [4.78, 5) is 27.2. The number of hydrogen-bond acceptors (Lipinski definition) is 3. The largest absolute Gasteiger partial charge is 0.352 e. The van der Waals surface area contributed by atoms with Gasteiger partial charge in [0.25, 0.3) is 0 Å². The van der Waals surface area contributed by atoms with E-state index in [0.717, 1.165) is 17.7 Å². The number of thioether (sulfide) groups is 1. The zero-order valence-corrected chi connectivity index (χ0v) is 18.8. The van der Waals surface area contributed by atoms with Crippen molar-refractivity contribution in [1.82, 2.24) is 10.2 Å². The van der Waals surface area contributed by atoms with Gasteiger partial charge in [-0.2, -0.15) is 11.8 Å². The summed E-state index contributed by atoms with van der Waals surface area (Å²) in [7, 11) is 0. The molecule has 30 heavy (non-hydrogen) atoms. The third-order valence-electron chi connectivity index (χ3n) is 5.01. The Kier molecular flexibility index (Phi) is 9.87. The van der Waals surface area contributed by atoms with Crippen molar-refractivity contribution in [2.45, 2.75) is 58.0 Å². The van der Waals surface area contributed by atoms with Gasteiger partial charge in [0, 0.05) is 30.5 Å². The van der Waals surface area contributed by atoms with Crippen molar-refractivity contribution in [2.24, 2.45) is 0 Å². The molecule has 0 fully saturated rings. The first-order valence-electron chi connectivity index (χ1n) is 10.4. The van der Waals surface area contributed by atoms with Gasteiger partial charge in [0.15, 0.2) is 0 Å². The summed E-state index contributed by atoms with van der Waals surface area (Å²) in [6.07, 6.45) is 1.17. The number of nitrogens with zero attached hydrogens (tertiary/aromatic N) is 1. The minimum absolute atomic E-state index is 0.0455. The van der Waals surface area contributed by atoms with Gasteiger partial charge in [-0.25, -0.2) is 4.39 Å². The number of halogens is 1. The lowest BCUT2D eigenvalue weighted by molar-refractivity contribution is -0.140. The lowest BCUT2D eigenvalue weighted by Crippen LogP contribution is -2.49. The topological polar surface area (TPSA) is 49.4 Å². The van der Waals surface area contributed by atoms with Crippen molar-refractivity contribution in [3.8, 4) is 0 Å². The van der Waals surface area contributed by atoms with Crippen molar-refractivity contribution in [2.75, 3.05) is 5.75 Å². The van der Waals surface area contributed by atoms with Crippen LogP contribution in [0.25, 0.3) is 0 Å². The molecule has 0 saturated heterocycles. The molecule has 0 aromatic heterocycles. The molecular weight excluding hydrogens is 399 g/mol. The van der Waals surface area contributed by atoms with Crippen molar-refractivity contribution < 1.29 is 14.0 Å². The van der Waals surface area contributed by atoms with E-state index in [1.165, 1.54) is 17.7 Å². The maximum Gasteiger partial charge on any atom is 0.242 e. The summed E-state index contributed by atoms with van der Waals surface area (Å²) in [5, 5.41) is 2.95. The van der Waals surface area contributed by atoms with Crippen molar-refractivity contribution in [3.05, 3.63) is 71.5 Å². The summed E-state index contributed by atoms with van der Waals surface area (Å²) in [5.74, 6) is 0.948. The SMILES string of the molecule is CCC(C)NC(=O)C(C)N(Cc1ccc(F)cc1)C(=O)CCSCc1ccccc1. The minimum atomic E-state index is -0.601. The highest BCUT2D eigenvalue weighted by molar-refractivity contribution is 7.98. The normalized spacial score (nSPS) is 12.8. The maximum absolute atomic E-state index is 13.2. The lowest BCUT2D eigenvalue weighted by atomic mass is 10.1. The molecule has 0 spiro atoms. The lowest BCUT2D eigenvalue weighted by Gasteiger charge is -2.29. The highest BCUT2D eigenvalue weighted by atomic mass is 32.2. The summed E-state index contributed by atoms with van der Waals surface area (Å²) in [6.45, 7) is 5.96. The average Bonchev–Trinajstić information content (AvgIpc) is 2.76. The van der Waals surface area contributed by atoms with Gasteiger partial charge in [0.05, 0.1) is 0 Å². The Bertz CT molecular complexity index is 799. The van der Waals surface area contributed by atoms with Gasteiger partial charge in [-0.3, -0.25) is 9.59 Å². The summed E-state index contributed by atoms with van der Waals surface area (Å²) >= 11 is 1.70. The highest BCUT2D eigenvalue weighted by Gasteiger charge is 2.26. The summed E-state index contributed by atoms with van der Waals surface area (Å²) < 4.78 is 13.2. The van der Waals surface area contributed by atoms with Crippen molar-refractivity contribution in [1.29, 1.82) is 0 Å². The van der Waals surface area contributed by atoms with Crippen LogP contribution in [0, 0.1) is 5.82 Å². The van der Waals surface area contributed by atoms with Crippen LogP contribution in [0.15, 0.2) is 54.6 Å². The first-order chi connectivity index (χ1) is 14.4. The predicted molar refractivity (Wildman–Crippen MR) is 122 cm³/mol. The van der Waals surface area contributed by atoms with Gasteiger partial charge in [0.2, 0.25) is 11.8 Å². The molecule has 2 unspecified atom stereocenters. The molecule has 1 N–H and O–H groups in total. The molecule has 2 amide bonds. The minimum Gasteiger partial charge on any atom is -0.352 e. The molecule has 2 rings (SSSR count). The van der Waals surface area contributed by atoms with Crippen molar-refractivity contribution in [3.63, 3.8) is 0 Å². The third kappa shape index (κ3) is 7.82. The van der Waals surface area contributed by atoms with Crippen LogP contribution < -0.4 is 5.32 Å². The Hall–Kier alpha value is -2.34. The van der Waals surface area contributed by atoms with Gasteiger partial charge in [-0.1, -0.05) is 49.4 Å². The molecule has 0 aliphatic heterocycles. The molecule has 0 aliphatic carbocycles. The number of hydrogen-bond donors (Lipinski definition) is 1. The molecule has 2 aromatic rings. The fourth-order valence-electron chi connectivity index (χ4n) is 2.90. The van der Waals surface area contributed by atoms with E-state index in [-0.39, 0.29) is 30.2 Å². The maximum atomic E-state index is 13.2. The van der Waals surface area contributed by atoms with E-state index in [0.29, 0.717) is 12.2 Å². The fourth-order valence-corrected chi connectivity index (χ4v) is 3.79. The van der Waals surface area contributed by atoms with Crippen LogP contribution in [0.4, 0.5) is 4.39 Å². The van der Waals surface area contributed by atoms with E-state index in [4.69, 9.17) is 0 Å². The number of benzene rings is 2. The number of amides is 2. The summed E-state index contributed by atoms with van der Waals surface area (Å²) in [6, 6.07) is 15.6. The Morgan fingerprint density at radius 2 is 1.70 bits per heavy atom. The Morgan fingerprint density at radius 1 is 1.03 bits per heavy atom. The third-order valence-corrected chi connectivity index (χ3v) is 6.04. The van der Waals surface area contributed by atoms with Gasteiger partial charge >= 0.3 is 0 Å². The molecule has 162 valence electrons. The van der Waals surface area contributed by atoms with Crippen LogP contribution in [0.5, 0.6) is 0 Å². The number of carbonyl (C=O) groups excluding carboxylic acids is 2. The van der Waals surface area contributed by atoms with Crippen molar-refractivity contribution >= 4 is 23.6 Å². The van der Waals surface area contributed by atoms with Gasteiger partial charge in [-0.05, 0) is 43.5 Å². The first-order valence-corrected chi connectivity index (χ1v) is 11.5. The molecule has 2 aromatic carbocycles. The van der Waals surface area contributed by atoms with Crippen LogP contribution in [0.1, 0.15) is 44.7 Å². The zero-order valence-electron chi connectivity index (χ0n) is 17.9. The zero-order chi connectivity index (χ0) is 21.9. The quantitative estimate of drug-likeness (QED) is 0.522. The molecule has 2 atom stereocenters. The molecule has 0 heterocycles. The van der Waals surface area contributed by atoms with Crippen LogP contribution in [-0.2, 0) is 21.9 Å². The van der Waals surface area contributed by atoms with Crippen LogP contribution in [0.3, 0.4) is 0 Å². The number of rotatable bonds is 11. The van der Waals surface area contributed by atoms with E-state index >= 15 is 0 Å². The monoisotopic (exact) mass is 430 g/mol. The average molecular weight is 431 g/mol. The number of nitrogens with one attached hydrogen (secondary N) is 1. The van der Waals surface area contributed by atoms with E-state index in [2.05, 4.69) is 17.4 Å². The molecule has 0 bridgehead atoms. The first kappa shape index (κ1) is 23.9. The van der Waals surface area contributed by atoms with Crippen LogP contribution >= 0.6 is 11.8 Å². The standard InChI is InChI=1S/C24H31FN2O2S/c1-4-18(2)26-24(29)19(3)27(16-20-10-12-22(25)13-11-20)23(28)14-15-30-17-21-8-6-5-7-9-21/h5-13,18-19H,4,14-17H2,1-3H3,(H,26,29). The van der Waals surface area contributed by atoms with Crippen LogP contribution in [-0.4, -0.2) is 34.6 Å². The van der Waals surface area contributed by atoms with E-state index in [9.17, 15) is 14.0 Å². The Labute approximate surface area is 183 Å². The molecule has 0 saturated carbocycles. The molecule has 4 nitrogen and oxygen atoms in total. The molecular formula is C24H31FN2O2S. The van der Waals surface area contributed by atoms with E-state index in [1.54, 1.807) is 35.7 Å². The highest BCUT2D eigenvalue weighted by Crippen LogP contribution is 2.16. The van der Waals surface area contributed by atoms with Gasteiger partial charge < -0.3 is 10.2 Å². The Morgan fingerprint density at radius 3 is 2.33 bits per heavy atom. The van der Waals surface area contributed by atoms with Gasteiger partial charge in [0.1, 0.15) is 11.9 Å². The number of carbonyl (C=O) groups is 2. The Balaban J connectivity index is 2.00. The van der Waals surface area contributed by atoms with Gasteiger partial charge in [-0.15, -0.1) is 0 Å². The van der Waals surface area contributed by atoms with E-state index in [1.807, 2.05) is 32.0 Å². The second kappa shape index (κ2) is 12.4. The second-order valence-electron chi connectivity index (χ2n) is 7.43. The van der Waals surface area contributed by atoms with Crippen LogP contribution in [0.2, 0.25) is 0 Å². The summed E-state index contributed by atoms with van der Waals surface area (Å²) in [5.41, 5.74) is 2.02. The van der Waals surface area contributed by atoms with E-state index < -0.39 is 6.04 Å². The molecule has 0 radical (unpaired) electrons. The second-order valence-corrected chi connectivity index (χ2v) is 8.54. The molecule has 6 heteroatoms. The fraction of sp³-hybridized carbons (Fsp3) is 0.417. The predicted octanol–water partition coefficient (Wildman–Crippen LogP) is 4.78. The molecule has 0 aliphatic rings.